The zero-order valence-corrected chi connectivity index (χ0v) is 15.3. The lowest BCUT2D eigenvalue weighted by atomic mass is 10.2. The van der Waals surface area contributed by atoms with Crippen LogP contribution in [-0.4, -0.2) is 35.4 Å². The molecule has 0 aliphatic carbocycles. The number of hydrogen-bond acceptors (Lipinski definition) is 6. The van der Waals surface area contributed by atoms with Gasteiger partial charge in [-0.2, -0.15) is 0 Å². The van der Waals surface area contributed by atoms with Crippen LogP contribution in [0.1, 0.15) is 18.4 Å². The molecule has 0 fully saturated rings. The van der Waals surface area contributed by atoms with Gasteiger partial charge in [0.25, 0.3) is 5.22 Å². The second-order valence-electron chi connectivity index (χ2n) is 4.84. The summed E-state index contributed by atoms with van der Waals surface area (Å²) >= 11 is 4.43. The molecule has 0 aliphatic heterocycles. The van der Waals surface area contributed by atoms with Gasteiger partial charge in [0.15, 0.2) is 0 Å². The van der Waals surface area contributed by atoms with Crippen molar-refractivity contribution in [1.29, 1.82) is 0 Å². The summed E-state index contributed by atoms with van der Waals surface area (Å²) in [6.07, 6.45) is 2.19. The number of rotatable bonds is 6. The maximum Gasteiger partial charge on any atom is 0.342 e. The lowest BCUT2D eigenvalue weighted by molar-refractivity contribution is -0.131. The van der Waals surface area contributed by atoms with Gasteiger partial charge in [-0.3, -0.25) is 0 Å². The standard InChI is InChI=1S/C15H16BrN3O3S/c1-4-13-17-18-15(22-13)23-12(14(20)21)8-9-5-6-11(19(2)3)10(16)7-9/h5-8H,4H2,1-3H3,(H,20,21)/b12-8+. The smallest absolute Gasteiger partial charge is 0.342 e. The van der Waals surface area contributed by atoms with Gasteiger partial charge in [0, 0.05) is 25.0 Å². The summed E-state index contributed by atoms with van der Waals surface area (Å²) in [5.41, 5.74) is 1.78. The summed E-state index contributed by atoms with van der Waals surface area (Å²) < 4.78 is 6.23. The number of aryl methyl sites for hydroxylation is 1. The summed E-state index contributed by atoms with van der Waals surface area (Å²) in [5.74, 6) is -0.561. The second kappa shape index (κ2) is 7.65. The molecule has 1 heterocycles. The van der Waals surface area contributed by atoms with Crippen LogP contribution >= 0.6 is 27.7 Å². The first-order valence-corrected chi connectivity index (χ1v) is 8.43. The van der Waals surface area contributed by atoms with Crippen molar-refractivity contribution in [1.82, 2.24) is 10.2 Å². The number of nitrogens with zero attached hydrogens (tertiary/aromatic N) is 3. The molecule has 1 aromatic carbocycles. The molecule has 0 saturated carbocycles. The van der Waals surface area contributed by atoms with Gasteiger partial charge in [-0.1, -0.05) is 13.0 Å². The van der Waals surface area contributed by atoms with E-state index in [9.17, 15) is 9.90 Å². The van der Waals surface area contributed by atoms with Gasteiger partial charge < -0.3 is 14.4 Å². The van der Waals surface area contributed by atoms with Crippen LogP contribution in [0, 0.1) is 0 Å². The van der Waals surface area contributed by atoms with Crippen molar-refractivity contribution in [2.75, 3.05) is 19.0 Å². The average Bonchev–Trinajstić information content (AvgIpc) is 2.94. The van der Waals surface area contributed by atoms with Gasteiger partial charge in [0.2, 0.25) is 5.89 Å². The average molecular weight is 398 g/mol. The van der Waals surface area contributed by atoms with Crippen molar-refractivity contribution >= 4 is 45.4 Å². The third-order valence-electron chi connectivity index (χ3n) is 2.91. The van der Waals surface area contributed by atoms with E-state index in [4.69, 9.17) is 4.42 Å². The van der Waals surface area contributed by atoms with E-state index in [1.165, 1.54) is 0 Å². The van der Waals surface area contributed by atoms with E-state index in [1.54, 1.807) is 6.08 Å². The Bertz CT molecular complexity index is 743. The highest BCUT2D eigenvalue weighted by Gasteiger charge is 2.15. The molecule has 0 atom stereocenters. The molecule has 0 unspecified atom stereocenters. The Kier molecular flexibility index (Phi) is 5.84. The molecular formula is C15H16BrN3O3S. The number of carboxylic acids is 1. The van der Waals surface area contributed by atoms with Gasteiger partial charge >= 0.3 is 5.97 Å². The van der Waals surface area contributed by atoms with Gasteiger partial charge in [0.05, 0.1) is 5.69 Å². The molecule has 0 amide bonds. The van der Waals surface area contributed by atoms with Gasteiger partial charge in [-0.15, -0.1) is 10.2 Å². The van der Waals surface area contributed by atoms with E-state index in [0.717, 1.165) is 27.5 Å². The fourth-order valence-electron chi connectivity index (χ4n) is 1.78. The van der Waals surface area contributed by atoms with E-state index in [0.29, 0.717) is 12.3 Å². The van der Waals surface area contributed by atoms with Crippen molar-refractivity contribution in [3.05, 3.63) is 39.0 Å². The van der Waals surface area contributed by atoms with Crippen LogP contribution in [-0.2, 0) is 11.2 Å². The first kappa shape index (κ1) is 17.6. The Morgan fingerprint density at radius 1 is 1.43 bits per heavy atom. The minimum Gasteiger partial charge on any atom is -0.477 e. The zero-order valence-electron chi connectivity index (χ0n) is 12.9. The molecule has 23 heavy (non-hydrogen) atoms. The molecule has 0 saturated heterocycles. The summed E-state index contributed by atoms with van der Waals surface area (Å²) in [7, 11) is 3.88. The van der Waals surface area contributed by atoms with Crippen LogP contribution in [0.3, 0.4) is 0 Å². The second-order valence-corrected chi connectivity index (χ2v) is 6.68. The number of thioether (sulfide) groups is 1. The van der Waals surface area contributed by atoms with E-state index in [1.807, 2.05) is 44.1 Å². The topological polar surface area (TPSA) is 79.5 Å². The maximum atomic E-state index is 11.4. The fourth-order valence-corrected chi connectivity index (χ4v) is 3.22. The van der Waals surface area contributed by atoms with Crippen LogP contribution in [0.2, 0.25) is 0 Å². The number of carboxylic acid groups (broad SMARTS) is 1. The van der Waals surface area contributed by atoms with Crippen LogP contribution in [0.5, 0.6) is 0 Å². The van der Waals surface area contributed by atoms with E-state index < -0.39 is 5.97 Å². The Labute approximate surface area is 146 Å². The Hall–Kier alpha value is -1.80. The minimum absolute atomic E-state index is 0.112. The molecule has 0 radical (unpaired) electrons. The van der Waals surface area contributed by atoms with E-state index >= 15 is 0 Å². The Balaban J connectivity index is 2.28. The summed E-state index contributed by atoms with van der Waals surface area (Å²) in [5, 5.41) is 17.3. The van der Waals surface area contributed by atoms with Crippen molar-refractivity contribution < 1.29 is 14.3 Å². The van der Waals surface area contributed by atoms with Crippen LogP contribution < -0.4 is 4.90 Å². The molecule has 2 rings (SSSR count). The quantitative estimate of drug-likeness (QED) is 0.587. The van der Waals surface area contributed by atoms with Gasteiger partial charge in [-0.25, -0.2) is 4.79 Å². The third-order valence-corrected chi connectivity index (χ3v) is 4.40. The monoisotopic (exact) mass is 397 g/mol. The van der Waals surface area contributed by atoms with E-state index in [-0.39, 0.29) is 10.1 Å². The molecule has 6 nitrogen and oxygen atoms in total. The number of aromatic nitrogens is 2. The third kappa shape index (κ3) is 4.59. The van der Waals surface area contributed by atoms with E-state index in [2.05, 4.69) is 26.1 Å². The molecule has 1 aromatic heterocycles. The Morgan fingerprint density at radius 2 is 2.17 bits per heavy atom. The Morgan fingerprint density at radius 3 is 2.70 bits per heavy atom. The highest BCUT2D eigenvalue weighted by molar-refractivity contribution is 9.10. The minimum atomic E-state index is -1.04. The molecule has 0 spiro atoms. The molecule has 2 aromatic rings. The van der Waals surface area contributed by atoms with Crippen LogP contribution in [0.15, 0.2) is 37.2 Å². The predicted molar refractivity (Wildman–Crippen MR) is 93.6 cm³/mol. The highest BCUT2D eigenvalue weighted by Crippen LogP contribution is 2.30. The van der Waals surface area contributed by atoms with Crippen molar-refractivity contribution in [2.45, 2.75) is 18.6 Å². The first-order chi connectivity index (χ1) is 10.9. The number of anilines is 1. The van der Waals surface area contributed by atoms with Crippen molar-refractivity contribution in [3.8, 4) is 0 Å². The maximum absolute atomic E-state index is 11.4. The number of carbonyl (C=O) groups is 1. The normalized spacial score (nSPS) is 11.6. The number of benzene rings is 1. The molecule has 1 N–H and O–H groups in total. The first-order valence-electron chi connectivity index (χ1n) is 6.82. The summed E-state index contributed by atoms with van der Waals surface area (Å²) in [6, 6.07) is 5.64. The zero-order chi connectivity index (χ0) is 17.0. The molecular weight excluding hydrogens is 382 g/mol. The summed E-state index contributed by atoms with van der Waals surface area (Å²) in [4.78, 5) is 13.5. The number of aliphatic carboxylic acids is 1. The van der Waals surface area contributed by atoms with Crippen molar-refractivity contribution in [2.24, 2.45) is 0 Å². The lowest BCUT2D eigenvalue weighted by Crippen LogP contribution is -2.09. The number of hydrogen-bond donors (Lipinski definition) is 1. The SMILES string of the molecule is CCc1nnc(S/C(=C/c2ccc(N(C)C)c(Br)c2)C(=O)O)o1. The predicted octanol–water partition coefficient (Wildman–Crippen LogP) is 3.68. The van der Waals surface area contributed by atoms with Crippen molar-refractivity contribution in [3.63, 3.8) is 0 Å². The molecule has 0 bridgehead atoms. The summed E-state index contributed by atoms with van der Waals surface area (Å²) in [6.45, 7) is 1.89. The van der Waals surface area contributed by atoms with Crippen LogP contribution in [0.25, 0.3) is 6.08 Å². The fraction of sp³-hybridized carbons (Fsp3) is 0.267. The molecule has 0 aliphatic rings. The molecule has 122 valence electrons. The number of halogens is 1. The highest BCUT2D eigenvalue weighted by atomic mass is 79.9. The van der Waals surface area contributed by atoms with Gasteiger partial charge in [-0.05, 0) is 51.5 Å². The largest absolute Gasteiger partial charge is 0.477 e. The molecule has 8 heteroatoms. The van der Waals surface area contributed by atoms with Crippen LogP contribution in [0.4, 0.5) is 5.69 Å². The lowest BCUT2D eigenvalue weighted by Gasteiger charge is -2.14. The van der Waals surface area contributed by atoms with Gasteiger partial charge in [0.1, 0.15) is 4.91 Å².